The zero-order valence-corrected chi connectivity index (χ0v) is 15.6. The van der Waals surface area contributed by atoms with Gasteiger partial charge in [-0.25, -0.2) is 0 Å². The van der Waals surface area contributed by atoms with Crippen molar-refractivity contribution in [3.8, 4) is 5.75 Å². The van der Waals surface area contributed by atoms with Crippen LogP contribution in [0.25, 0.3) is 0 Å². The average Bonchev–Trinajstić information content (AvgIpc) is 2.68. The van der Waals surface area contributed by atoms with Crippen molar-refractivity contribution in [3.05, 3.63) is 63.2 Å². The standard InChI is InChI=1S/C19H20ClN3O4/c1-27-18-7-6-16(23(25)26)12-17(18)21-15-8-10-22(11-9-15)19(24)13-2-4-14(20)5-3-13/h2-7,12,15,21H,8-11H2,1H3. The molecule has 0 saturated carbocycles. The molecule has 1 aliphatic heterocycles. The number of nitrogens with zero attached hydrogens (tertiary/aromatic N) is 2. The van der Waals surface area contributed by atoms with Gasteiger partial charge in [0.2, 0.25) is 0 Å². The van der Waals surface area contributed by atoms with Gasteiger partial charge in [-0.05, 0) is 43.2 Å². The number of nitro groups is 1. The molecule has 0 spiro atoms. The molecule has 1 saturated heterocycles. The number of methoxy groups -OCH3 is 1. The fraction of sp³-hybridized carbons (Fsp3) is 0.316. The second-order valence-electron chi connectivity index (χ2n) is 6.36. The highest BCUT2D eigenvalue weighted by molar-refractivity contribution is 6.30. The minimum atomic E-state index is -0.433. The van der Waals surface area contributed by atoms with Crippen molar-refractivity contribution in [1.82, 2.24) is 4.90 Å². The maximum Gasteiger partial charge on any atom is 0.271 e. The summed E-state index contributed by atoms with van der Waals surface area (Å²) in [5.74, 6) is 0.540. The molecular formula is C19H20ClN3O4. The number of ether oxygens (including phenoxy) is 1. The highest BCUT2D eigenvalue weighted by Gasteiger charge is 2.24. The Kier molecular flexibility index (Phi) is 5.81. The van der Waals surface area contributed by atoms with Gasteiger partial charge in [0.1, 0.15) is 5.75 Å². The van der Waals surface area contributed by atoms with Crippen molar-refractivity contribution < 1.29 is 14.5 Å². The number of piperidine rings is 1. The third kappa shape index (κ3) is 4.49. The number of anilines is 1. The molecule has 8 heteroatoms. The van der Waals surface area contributed by atoms with Gasteiger partial charge in [-0.2, -0.15) is 0 Å². The number of hydrogen-bond acceptors (Lipinski definition) is 5. The van der Waals surface area contributed by atoms with Crippen LogP contribution in [0.1, 0.15) is 23.2 Å². The molecule has 1 N–H and O–H groups in total. The molecule has 1 aliphatic rings. The Morgan fingerprint density at radius 2 is 1.89 bits per heavy atom. The lowest BCUT2D eigenvalue weighted by Crippen LogP contribution is -2.42. The van der Waals surface area contributed by atoms with Crippen LogP contribution in [-0.4, -0.2) is 42.0 Å². The van der Waals surface area contributed by atoms with E-state index in [1.54, 1.807) is 30.3 Å². The number of amides is 1. The number of nitrogens with one attached hydrogen (secondary N) is 1. The van der Waals surface area contributed by atoms with Crippen molar-refractivity contribution in [2.45, 2.75) is 18.9 Å². The van der Waals surface area contributed by atoms with Crippen LogP contribution in [0.2, 0.25) is 5.02 Å². The van der Waals surface area contributed by atoms with E-state index in [2.05, 4.69) is 5.32 Å². The minimum Gasteiger partial charge on any atom is -0.495 e. The third-order valence-electron chi connectivity index (χ3n) is 4.63. The molecule has 1 amide bonds. The number of carbonyl (C=O) groups is 1. The first-order chi connectivity index (χ1) is 13.0. The molecule has 27 heavy (non-hydrogen) atoms. The minimum absolute atomic E-state index is 0.00801. The lowest BCUT2D eigenvalue weighted by molar-refractivity contribution is -0.384. The normalized spacial score (nSPS) is 14.7. The molecule has 0 aromatic heterocycles. The van der Waals surface area contributed by atoms with Crippen molar-refractivity contribution in [3.63, 3.8) is 0 Å². The van der Waals surface area contributed by atoms with Crippen LogP contribution in [0, 0.1) is 10.1 Å². The molecule has 3 rings (SSSR count). The van der Waals surface area contributed by atoms with Gasteiger partial charge in [0.25, 0.3) is 11.6 Å². The van der Waals surface area contributed by atoms with Gasteiger partial charge in [-0.1, -0.05) is 11.6 Å². The number of nitro benzene ring substituents is 1. The molecule has 1 fully saturated rings. The van der Waals surface area contributed by atoms with E-state index in [9.17, 15) is 14.9 Å². The summed E-state index contributed by atoms with van der Waals surface area (Å²) in [7, 11) is 1.53. The van der Waals surface area contributed by atoms with Crippen LogP contribution in [0.3, 0.4) is 0 Å². The number of halogens is 1. The zero-order chi connectivity index (χ0) is 19.4. The average molecular weight is 390 g/mol. The molecule has 0 radical (unpaired) electrons. The van der Waals surface area contributed by atoms with Gasteiger partial charge >= 0.3 is 0 Å². The van der Waals surface area contributed by atoms with Crippen molar-refractivity contribution in [2.75, 3.05) is 25.5 Å². The summed E-state index contributed by atoms with van der Waals surface area (Å²) in [6.45, 7) is 1.22. The molecule has 142 valence electrons. The Bertz CT molecular complexity index is 833. The van der Waals surface area contributed by atoms with Gasteiger partial charge in [-0.3, -0.25) is 14.9 Å². The summed E-state index contributed by atoms with van der Waals surface area (Å²) >= 11 is 5.87. The van der Waals surface area contributed by atoms with Gasteiger partial charge in [-0.15, -0.1) is 0 Å². The molecule has 2 aromatic rings. The Morgan fingerprint density at radius 1 is 1.22 bits per heavy atom. The number of likely N-dealkylation sites (tertiary alicyclic amines) is 1. The fourth-order valence-corrected chi connectivity index (χ4v) is 3.27. The predicted octanol–water partition coefficient (Wildman–Crippen LogP) is 3.97. The van der Waals surface area contributed by atoms with Gasteiger partial charge in [0.05, 0.1) is 17.7 Å². The Hall–Kier alpha value is -2.80. The Balaban J connectivity index is 1.63. The largest absolute Gasteiger partial charge is 0.495 e. The molecule has 0 aliphatic carbocycles. The molecule has 0 atom stereocenters. The highest BCUT2D eigenvalue weighted by atomic mass is 35.5. The molecule has 1 heterocycles. The number of hydrogen-bond donors (Lipinski definition) is 1. The highest BCUT2D eigenvalue weighted by Crippen LogP contribution is 2.30. The Morgan fingerprint density at radius 3 is 2.48 bits per heavy atom. The van der Waals surface area contributed by atoms with E-state index in [0.29, 0.717) is 35.1 Å². The lowest BCUT2D eigenvalue weighted by atomic mass is 10.0. The van der Waals surface area contributed by atoms with E-state index in [1.807, 2.05) is 4.90 Å². The quantitative estimate of drug-likeness (QED) is 0.617. The van der Waals surface area contributed by atoms with Crippen LogP contribution in [0.5, 0.6) is 5.75 Å². The summed E-state index contributed by atoms with van der Waals surface area (Å²) < 4.78 is 5.29. The number of benzene rings is 2. The van der Waals surface area contributed by atoms with Crippen molar-refractivity contribution in [2.24, 2.45) is 0 Å². The summed E-state index contributed by atoms with van der Waals surface area (Å²) in [4.78, 5) is 24.9. The summed E-state index contributed by atoms with van der Waals surface area (Å²) in [5.41, 5.74) is 1.22. The molecular weight excluding hydrogens is 370 g/mol. The number of rotatable bonds is 5. The zero-order valence-electron chi connectivity index (χ0n) is 14.9. The van der Waals surface area contributed by atoms with Gasteiger partial charge in [0, 0.05) is 41.9 Å². The monoisotopic (exact) mass is 389 g/mol. The maximum absolute atomic E-state index is 12.6. The summed E-state index contributed by atoms with van der Waals surface area (Å²) in [5, 5.41) is 14.9. The predicted molar refractivity (Wildman–Crippen MR) is 104 cm³/mol. The van der Waals surface area contributed by atoms with Crippen LogP contribution in [0.15, 0.2) is 42.5 Å². The fourth-order valence-electron chi connectivity index (χ4n) is 3.14. The van der Waals surface area contributed by atoms with Crippen molar-refractivity contribution in [1.29, 1.82) is 0 Å². The molecule has 0 bridgehead atoms. The van der Waals surface area contributed by atoms with E-state index >= 15 is 0 Å². The first-order valence-electron chi connectivity index (χ1n) is 8.61. The van der Waals surface area contributed by atoms with Crippen LogP contribution in [-0.2, 0) is 0 Å². The van der Waals surface area contributed by atoms with Crippen LogP contribution in [0.4, 0.5) is 11.4 Å². The Labute approximate surface area is 162 Å². The third-order valence-corrected chi connectivity index (χ3v) is 4.88. The number of carbonyl (C=O) groups excluding carboxylic acids is 1. The van der Waals surface area contributed by atoms with E-state index < -0.39 is 4.92 Å². The van der Waals surface area contributed by atoms with E-state index in [1.165, 1.54) is 19.2 Å². The molecule has 2 aromatic carbocycles. The lowest BCUT2D eigenvalue weighted by Gasteiger charge is -2.33. The first-order valence-corrected chi connectivity index (χ1v) is 8.99. The summed E-state index contributed by atoms with van der Waals surface area (Å²) in [6, 6.07) is 11.4. The second kappa shape index (κ2) is 8.26. The molecule has 7 nitrogen and oxygen atoms in total. The molecule has 0 unspecified atom stereocenters. The summed E-state index contributed by atoms with van der Waals surface area (Å²) in [6.07, 6.45) is 1.48. The number of non-ortho nitro benzene ring substituents is 1. The first kappa shape index (κ1) is 19.0. The van der Waals surface area contributed by atoms with Crippen LogP contribution < -0.4 is 10.1 Å². The second-order valence-corrected chi connectivity index (χ2v) is 6.80. The SMILES string of the molecule is COc1ccc([N+](=O)[O-])cc1NC1CCN(C(=O)c2ccc(Cl)cc2)CC1. The topological polar surface area (TPSA) is 84.7 Å². The maximum atomic E-state index is 12.6. The smallest absolute Gasteiger partial charge is 0.271 e. The van der Waals surface area contributed by atoms with E-state index in [4.69, 9.17) is 16.3 Å². The van der Waals surface area contributed by atoms with Crippen molar-refractivity contribution >= 4 is 28.9 Å². The van der Waals surface area contributed by atoms with E-state index in [-0.39, 0.29) is 17.6 Å². The van der Waals surface area contributed by atoms with Crippen LogP contribution >= 0.6 is 11.6 Å². The van der Waals surface area contributed by atoms with Gasteiger partial charge < -0.3 is 15.0 Å². The van der Waals surface area contributed by atoms with E-state index in [0.717, 1.165) is 12.8 Å². The van der Waals surface area contributed by atoms with Gasteiger partial charge in [0.15, 0.2) is 0 Å².